The van der Waals surface area contributed by atoms with Crippen LogP contribution in [0, 0.1) is 0 Å². The summed E-state index contributed by atoms with van der Waals surface area (Å²) in [5.41, 5.74) is 0.727. The minimum atomic E-state index is -0.0429. The zero-order valence-corrected chi connectivity index (χ0v) is 9.89. The number of nitrogens with zero attached hydrogens (tertiary/aromatic N) is 2. The lowest BCUT2D eigenvalue weighted by molar-refractivity contribution is 0.281. The fourth-order valence-electron chi connectivity index (χ4n) is 1.15. The van der Waals surface area contributed by atoms with Crippen molar-refractivity contribution in [2.24, 2.45) is 0 Å². The molecule has 0 saturated heterocycles. The van der Waals surface area contributed by atoms with Crippen LogP contribution in [-0.4, -0.2) is 15.1 Å². The molecule has 2 rings (SSSR count). The molecule has 0 aliphatic heterocycles. The van der Waals surface area contributed by atoms with Crippen LogP contribution in [0.3, 0.4) is 0 Å². The van der Waals surface area contributed by atoms with E-state index in [1.807, 2.05) is 0 Å². The zero-order valence-electron chi connectivity index (χ0n) is 8.30. The number of pyridine rings is 2. The molecule has 0 fully saturated rings. The quantitative estimate of drug-likeness (QED) is 0.939. The Balaban J connectivity index is 2.22. The van der Waals surface area contributed by atoms with Crippen molar-refractivity contribution in [2.45, 2.75) is 6.61 Å². The number of ether oxygens (including phenoxy) is 1. The third-order valence-electron chi connectivity index (χ3n) is 1.90. The molecule has 0 spiro atoms. The van der Waals surface area contributed by atoms with Crippen LogP contribution in [-0.2, 0) is 6.61 Å². The van der Waals surface area contributed by atoms with Crippen LogP contribution < -0.4 is 4.74 Å². The SMILES string of the molecule is OCc1cnc(Oc2cccnc2)c(Br)c1. The van der Waals surface area contributed by atoms with Gasteiger partial charge in [0.05, 0.1) is 17.3 Å². The number of hydrogen-bond acceptors (Lipinski definition) is 4. The summed E-state index contributed by atoms with van der Waals surface area (Å²) in [4.78, 5) is 8.02. The summed E-state index contributed by atoms with van der Waals surface area (Å²) in [5.74, 6) is 1.07. The monoisotopic (exact) mass is 280 g/mol. The van der Waals surface area contributed by atoms with Crippen LogP contribution in [0.5, 0.6) is 11.6 Å². The second-order valence-corrected chi connectivity index (χ2v) is 3.93. The van der Waals surface area contributed by atoms with Crippen LogP contribution in [0.4, 0.5) is 0 Å². The smallest absolute Gasteiger partial charge is 0.233 e. The van der Waals surface area contributed by atoms with Gasteiger partial charge in [-0.05, 0) is 39.7 Å². The molecule has 2 heterocycles. The molecule has 0 atom stereocenters. The van der Waals surface area contributed by atoms with E-state index in [0.29, 0.717) is 16.1 Å². The summed E-state index contributed by atoms with van der Waals surface area (Å²) in [5, 5.41) is 8.93. The predicted octanol–water partition coefficient (Wildman–Crippen LogP) is 2.52. The lowest BCUT2D eigenvalue weighted by atomic mass is 10.3. The van der Waals surface area contributed by atoms with Gasteiger partial charge in [0.2, 0.25) is 5.88 Å². The topological polar surface area (TPSA) is 55.2 Å². The van der Waals surface area contributed by atoms with Crippen molar-refractivity contribution in [3.8, 4) is 11.6 Å². The van der Waals surface area contributed by atoms with Crippen molar-refractivity contribution < 1.29 is 9.84 Å². The highest BCUT2D eigenvalue weighted by molar-refractivity contribution is 9.10. The fourth-order valence-corrected chi connectivity index (χ4v) is 1.62. The minimum absolute atomic E-state index is 0.0429. The number of aromatic nitrogens is 2. The maximum atomic E-state index is 8.93. The van der Waals surface area contributed by atoms with Gasteiger partial charge in [-0.25, -0.2) is 4.98 Å². The molecule has 0 bridgehead atoms. The third-order valence-corrected chi connectivity index (χ3v) is 2.46. The van der Waals surface area contributed by atoms with E-state index in [1.165, 1.54) is 0 Å². The Morgan fingerprint density at radius 3 is 2.88 bits per heavy atom. The Labute approximate surface area is 101 Å². The summed E-state index contributed by atoms with van der Waals surface area (Å²) in [6.07, 6.45) is 4.84. The van der Waals surface area contributed by atoms with E-state index in [-0.39, 0.29) is 6.61 Å². The third kappa shape index (κ3) is 2.56. The van der Waals surface area contributed by atoms with Crippen LogP contribution in [0.15, 0.2) is 41.3 Å². The Morgan fingerprint density at radius 2 is 2.25 bits per heavy atom. The molecule has 0 unspecified atom stereocenters. The van der Waals surface area contributed by atoms with Gasteiger partial charge < -0.3 is 9.84 Å². The van der Waals surface area contributed by atoms with E-state index in [2.05, 4.69) is 25.9 Å². The molecule has 0 aliphatic carbocycles. The molecule has 4 nitrogen and oxygen atoms in total. The molecule has 2 aromatic rings. The maximum absolute atomic E-state index is 8.93. The first-order chi connectivity index (χ1) is 7.79. The summed E-state index contributed by atoms with van der Waals surface area (Å²) in [6.45, 7) is -0.0429. The lowest BCUT2D eigenvalue weighted by Gasteiger charge is -2.06. The highest BCUT2D eigenvalue weighted by atomic mass is 79.9. The zero-order chi connectivity index (χ0) is 11.4. The average Bonchev–Trinajstić information content (AvgIpc) is 2.33. The molecule has 0 amide bonds. The first-order valence-electron chi connectivity index (χ1n) is 4.63. The first-order valence-corrected chi connectivity index (χ1v) is 5.42. The molecule has 1 N–H and O–H groups in total. The number of aliphatic hydroxyl groups is 1. The minimum Gasteiger partial charge on any atom is -0.436 e. The highest BCUT2D eigenvalue weighted by Crippen LogP contribution is 2.27. The number of aliphatic hydroxyl groups excluding tert-OH is 1. The van der Waals surface area contributed by atoms with Gasteiger partial charge in [0.1, 0.15) is 5.75 Å². The molecule has 2 aromatic heterocycles. The van der Waals surface area contributed by atoms with Gasteiger partial charge >= 0.3 is 0 Å². The molecule has 82 valence electrons. The van der Waals surface area contributed by atoms with Crippen molar-refractivity contribution in [3.05, 3.63) is 46.8 Å². The molecule has 16 heavy (non-hydrogen) atoms. The summed E-state index contributed by atoms with van der Waals surface area (Å²) < 4.78 is 6.20. The molecular weight excluding hydrogens is 272 g/mol. The molecule has 0 saturated carbocycles. The molecular formula is C11H9BrN2O2. The van der Waals surface area contributed by atoms with Crippen LogP contribution in [0.25, 0.3) is 0 Å². The van der Waals surface area contributed by atoms with Crippen molar-refractivity contribution in [2.75, 3.05) is 0 Å². The summed E-state index contributed by atoms with van der Waals surface area (Å²) in [6, 6.07) is 5.34. The standard InChI is InChI=1S/C11H9BrN2O2/c12-10-4-8(7-15)5-14-11(10)16-9-2-1-3-13-6-9/h1-6,15H,7H2. The number of rotatable bonds is 3. The highest BCUT2D eigenvalue weighted by Gasteiger charge is 2.05. The Kier molecular flexibility index (Phi) is 3.48. The van der Waals surface area contributed by atoms with E-state index in [1.54, 1.807) is 36.8 Å². The van der Waals surface area contributed by atoms with Crippen molar-refractivity contribution in [1.82, 2.24) is 9.97 Å². The molecule has 0 aliphatic rings. The van der Waals surface area contributed by atoms with Gasteiger partial charge in [-0.3, -0.25) is 4.98 Å². The van der Waals surface area contributed by atoms with E-state index >= 15 is 0 Å². The van der Waals surface area contributed by atoms with Gasteiger partial charge in [-0.15, -0.1) is 0 Å². The summed E-state index contributed by atoms with van der Waals surface area (Å²) in [7, 11) is 0. The number of halogens is 1. The molecule has 0 radical (unpaired) electrons. The Bertz CT molecular complexity index is 477. The lowest BCUT2D eigenvalue weighted by Crippen LogP contribution is -1.92. The van der Waals surface area contributed by atoms with Crippen molar-refractivity contribution in [1.29, 1.82) is 0 Å². The van der Waals surface area contributed by atoms with Gasteiger partial charge in [0, 0.05) is 12.4 Å². The second-order valence-electron chi connectivity index (χ2n) is 3.08. The second kappa shape index (κ2) is 5.05. The van der Waals surface area contributed by atoms with E-state index in [9.17, 15) is 0 Å². The van der Waals surface area contributed by atoms with Crippen LogP contribution in [0.2, 0.25) is 0 Å². The first kappa shape index (κ1) is 11.0. The van der Waals surface area contributed by atoms with Crippen LogP contribution >= 0.6 is 15.9 Å². The van der Waals surface area contributed by atoms with E-state index in [0.717, 1.165) is 5.56 Å². The average molecular weight is 281 g/mol. The van der Waals surface area contributed by atoms with E-state index in [4.69, 9.17) is 9.84 Å². The van der Waals surface area contributed by atoms with Crippen molar-refractivity contribution >= 4 is 15.9 Å². The maximum Gasteiger partial charge on any atom is 0.233 e. The fraction of sp³-hybridized carbons (Fsp3) is 0.0909. The van der Waals surface area contributed by atoms with Crippen molar-refractivity contribution in [3.63, 3.8) is 0 Å². The number of hydrogen-bond donors (Lipinski definition) is 1. The van der Waals surface area contributed by atoms with Gasteiger partial charge in [-0.2, -0.15) is 0 Å². The summed E-state index contributed by atoms with van der Waals surface area (Å²) >= 11 is 3.33. The predicted molar refractivity (Wildman–Crippen MR) is 62.2 cm³/mol. The van der Waals surface area contributed by atoms with Gasteiger partial charge in [0.25, 0.3) is 0 Å². The molecule has 5 heteroatoms. The van der Waals surface area contributed by atoms with Gasteiger partial charge in [-0.1, -0.05) is 0 Å². The van der Waals surface area contributed by atoms with E-state index < -0.39 is 0 Å². The normalized spacial score (nSPS) is 10.1. The Hall–Kier alpha value is -1.46. The molecule has 0 aromatic carbocycles. The Morgan fingerprint density at radius 1 is 1.38 bits per heavy atom. The largest absolute Gasteiger partial charge is 0.436 e. The van der Waals surface area contributed by atoms with Crippen LogP contribution in [0.1, 0.15) is 5.56 Å². The van der Waals surface area contributed by atoms with Gasteiger partial charge in [0.15, 0.2) is 0 Å².